The molecule has 1 N–H and O–H groups in total. The molecule has 1 aliphatic rings. The second-order valence-electron chi connectivity index (χ2n) is 5.00. The van der Waals surface area contributed by atoms with E-state index in [1.807, 2.05) is 0 Å². The Morgan fingerprint density at radius 1 is 1.36 bits per heavy atom. The minimum atomic E-state index is -0.749. The van der Waals surface area contributed by atoms with Crippen molar-refractivity contribution in [2.75, 3.05) is 6.61 Å². The number of carbonyl (C=O) groups is 2. The maximum absolute atomic E-state index is 11.7. The van der Waals surface area contributed by atoms with Crippen molar-refractivity contribution in [2.45, 2.75) is 20.8 Å². The molecule has 0 saturated carbocycles. The molecule has 130 valence electrons. The van der Waals surface area contributed by atoms with E-state index in [0.29, 0.717) is 11.6 Å². The van der Waals surface area contributed by atoms with Gasteiger partial charge in [-0.3, -0.25) is 0 Å². The number of nitrogens with zero attached hydrogens (tertiary/aromatic N) is 3. The summed E-state index contributed by atoms with van der Waals surface area (Å²) >= 11 is 0. The highest BCUT2D eigenvalue weighted by atomic mass is 16.6. The molecule has 0 fully saturated rings. The molecule has 0 unspecified atom stereocenters. The van der Waals surface area contributed by atoms with Crippen LogP contribution >= 0.6 is 0 Å². The zero-order valence-corrected chi connectivity index (χ0v) is 14.0. The summed E-state index contributed by atoms with van der Waals surface area (Å²) in [6, 6.07) is 6.69. The molecule has 1 aromatic rings. The van der Waals surface area contributed by atoms with E-state index >= 15 is 0 Å². The number of carbonyl (C=O) groups excluding carboxylic acids is 2. The zero-order chi connectivity index (χ0) is 18.4. The van der Waals surface area contributed by atoms with Gasteiger partial charge in [-0.05, 0) is 37.6 Å². The number of aliphatic imine (C=N–C) groups is 1. The fourth-order valence-corrected chi connectivity index (χ4v) is 1.88. The van der Waals surface area contributed by atoms with Gasteiger partial charge in [-0.15, -0.1) is 5.11 Å². The second-order valence-corrected chi connectivity index (χ2v) is 5.00. The van der Waals surface area contributed by atoms with Gasteiger partial charge in [-0.25, -0.2) is 14.6 Å². The van der Waals surface area contributed by atoms with Crippen molar-refractivity contribution >= 4 is 29.6 Å². The lowest BCUT2D eigenvalue weighted by molar-refractivity contribution is -0.138. The van der Waals surface area contributed by atoms with Crippen molar-refractivity contribution in [1.29, 1.82) is 0 Å². The van der Waals surface area contributed by atoms with E-state index in [0.717, 1.165) is 5.56 Å². The molecule has 1 aromatic carbocycles. The quantitative estimate of drug-likeness (QED) is 0.381. The average molecular weight is 343 g/mol. The van der Waals surface area contributed by atoms with Gasteiger partial charge in [-0.2, -0.15) is 5.11 Å². The summed E-state index contributed by atoms with van der Waals surface area (Å²) in [5.41, 5.74) is 1.14. The van der Waals surface area contributed by atoms with E-state index in [4.69, 9.17) is 9.47 Å². The summed E-state index contributed by atoms with van der Waals surface area (Å²) in [5.74, 6) is -1.22. The summed E-state index contributed by atoms with van der Waals surface area (Å²) in [4.78, 5) is 27.1. The van der Waals surface area contributed by atoms with E-state index < -0.39 is 11.9 Å². The summed E-state index contributed by atoms with van der Waals surface area (Å²) in [6.45, 7) is 4.74. The molecule has 0 atom stereocenters. The first-order chi connectivity index (χ1) is 11.9. The zero-order valence-electron chi connectivity index (χ0n) is 14.0. The minimum absolute atomic E-state index is 0.166. The first-order valence-electron chi connectivity index (χ1n) is 7.48. The van der Waals surface area contributed by atoms with Crippen LogP contribution in [0.4, 0.5) is 5.69 Å². The van der Waals surface area contributed by atoms with Crippen LogP contribution < -0.4 is 0 Å². The first kappa shape index (κ1) is 18.1. The van der Waals surface area contributed by atoms with Gasteiger partial charge in [0.2, 0.25) is 5.70 Å². The highest BCUT2D eigenvalue weighted by Gasteiger charge is 2.19. The third-order valence-corrected chi connectivity index (χ3v) is 3.00. The van der Waals surface area contributed by atoms with Crippen molar-refractivity contribution < 1.29 is 24.2 Å². The third-order valence-electron chi connectivity index (χ3n) is 3.00. The van der Waals surface area contributed by atoms with Gasteiger partial charge in [0.15, 0.2) is 11.6 Å². The fraction of sp³-hybridized carbons (Fsp3) is 0.235. The Balaban J connectivity index is 2.15. The number of hydrogen-bond donors (Lipinski definition) is 1. The monoisotopic (exact) mass is 343 g/mol. The Kier molecular flexibility index (Phi) is 5.78. The lowest BCUT2D eigenvalue weighted by Gasteiger charge is -2.02. The Morgan fingerprint density at radius 3 is 2.56 bits per heavy atom. The number of esters is 2. The molecule has 0 radical (unpaired) electrons. The van der Waals surface area contributed by atoms with Crippen LogP contribution in [0.25, 0.3) is 6.08 Å². The van der Waals surface area contributed by atoms with Gasteiger partial charge >= 0.3 is 11.9 Å². The van der Waals surface area contributed by atoms with Gasteiger partial charge in [-0.1, -0.05) is 12.1 Å². The van der Waals surface area contributed by atoms with Crippen molar-refractivity contribution in [3.63, 3.8) is 0 Å². The summed E-state index contributed by atoms with van der Waals surface area (Å²) in [6.07, 6.45) is 1.58. The number of allylic oxidation sites excluding steroid dienone is 1. The predicted octanol–water partition coefficient (Wildman–Crippen LogP) is 3.44. The Hall–Kier alpha value is -3.29. The lowest BCUT2D eigenvalue weighted by atomic mass is 10.2. The SMILES string of the molecule is CCOC(=O)/C(N=Nc1ccc(C=C2N=C(C)OC2=O)cc1)=C(\C)O. The van der Waals surface area contributed by atoms with Gasteiger partial charge in [0, 0.05) is 6.92 Å². The predicted molar refractivity (Wildman–Crippen MR) is 90.1 cm³/mol. The standard InChI is InChI=1S/C17H17N3O5/c1-4-24-17(23)15(10(2)21)20-19-13-7-5-12(6-8-13)9-14-16(22)25-11(3)18-14/h5-9,21H,4H2,1-3H3/b14-9?,15-10-,20-19?. The number of aliphatic hydroxyl groups is 1. The van der Waals surface area contributed by atoms with Gasteiger partial charge < -0.3 is 14.6 Å². The summed E-state index contributed by atoms with van der Waals surface area (Å²) < 4.78 is 9.63. The first-order valence-corrected chi connectivity index (χ1v) is 7.48. The lowest BCUT2D eigenvalue weighted by Crippen LogP contribution is -2.07. The molecule has 0 aromatic heterocycles. The molecule has 0 amide bonds. The average Bonchev–Trinajstić information content (AvgIpc) is 2.86. The van der Waals surface area contributed by atoms with Gasteiger partial charge in [0.05, 0.1) is 12.3 Å². The molecule has 8 nitrogen and oxygen atoms in total. The smallest absolute Gasteiger partial charge is 0.363 e. The number of hydrogen-bond acceptors (Lipinski definition) is 8. The topological polar surface area (TPSA) is 110 Å². The molecule has 0 bridgehead atoms. The van der Waals surface area contributed by atoms with Crippen molar-refractivity contribution in [3.05, 3.63) is 47.0 Å². The maximum atomic E-state index is 11.7. The number of benzene rings is 1. The number of cyclic esters (lactones) is 1. The molecule has 2 rings (SSSR count). The molecule has 25 heavy (non-hydrogen) atoms. The largest absolute Gasteiger partial charge is 0.510 e. The van der Waals surface area contributed by atoms with Gasteiger partial charge in [0.1, 0.15) is 5.76 Å². The van der Waals surface area contributed by atoms with Crippen LogP contribution in [-0.2, 0) is 19.1 Å². The molecule has 8 heteroatoms. The van der Waals surface area contributed by atoms with Crippen LogP contribution in [0.15, 0.2) is 56.6 Å². The molecule has 0 saturated heterocycles. The molecular weight excluding hydrogens is 326 g/mol. The molecule has 0 aliphatic carbocycles. The van der Waals surface area contributed by atoms with E-state index in [2.05, 4.69) is 15.2 Å². The molecular formula is C17H17N3O5. The molecule has 0 spiro atoms. The van der Waals surface area contributed by atoms with Crippen LogP contribution in [0.5, 0.6) is 0 Å². The van der Waals surface area contributed by atoms with Crippen LogP contribution in [0, 0.1) is 0 Å². The molecule has 1 heterocycles. The Morgan fingerprint density at radius 2 is 2.04 bits per heavy atom. The number of azo groups is 1. The normalized spacial score (nSPS) is 16.7. The summed E-state index contributed by atoms with van der Waals surface area (Å²) in [5, 5.41) is 17.1. The fourth-order valence-electron chi connectivity index (χ4n) is 1.88. The Bertz CT molecular complexity index is 800. The van der Waals surface area contributed by atoms with E-state index in [9.17, 15) is 14.7 Å². The van der Waals surface area contributed by atoms with Crippen LogP contribution in [0.2, 0.25) is 0 Å². The number of rotatable bonds is 5. The van der Waals surface area contributed by atoms with Crippen LogP contribution in [0.1, 0.15) is 26.3 Å². The van der Waals surface area contributed by atoms with Gasteiger partial charge in [0.25, 0.3) is 0 Å². The second kappa shape index (κ2) is 8.00. The minimum Gasteiger partial charge on any atom is -0.510 e. The van der Waals surface area contributed by atoms with Crippen LogP contribution in [-0.4, -0.2) is 29.5 Å². The summed E-state index contributed by atoms with van der Waals surface area (Å²) in [7, 11) is 0. The van der Waals surface area contributed by atoms with E-state index in [1.54, 1.807) is 44.2 Å². The highest BCUT2D eigenvalue weighted by Crippen LogP contribution is 2.20. The number of ether oxygens (including phenoxy) is 2. The van der Waals surface area contributed by atoms with Crippen molar-refractivity contribution in [3.8, 4) is 0 Å². The highest BCUT2D eigenvalue weighted by molar-refractivity contribution is 6.06. The Labute approximate surface area is 144 Å². The third kappa shape index (κ3) is 4.84. The van der Waals surface area contributed by atoms with E-state index in [1.165, 1.54) is 6.92 Å². The van der Waals surface area contributed by atoms with Crippen LogP contribution in [0.3, 0.4) is 0 Å². The van der Waals surface area contributed by atoms with E-state index in [-0.39, 0.29) is 23.8 Å². The number of aliphatic hydroxyl groups excluding tert-OH is 1. The maximum Gasteiger partial charge on any atom is 0.363 e. The molecule has 1 aliphatic heterocycles. The van der Waals surface area contributed by atoms with Crippen molar-refractivity contribution in [1.82, 2.24) is 0 Å². The van der Waals surface area contributed by atoms with Crippen molar-refractivity contribution in [2.24, 2.45) is 15.2 Å².